The lowest BCUT2D eigenvalue weighted by atomic mass is 9.99. The number of ether oxygens (including phenoxy) is 2. The molecule has 0 aliphatic carbocycles. The third kappa shape index (κ3) is 12.0. The number of aliphatic carboxylic acids is 1. The Balaban J connectivity index is 0.00000870. The number of nitrogens with two attached hydrogens (primary N) is 3. The van der Waals surface area contributed by atoms with Crippen LogP contribution in [0.25, 0.3) is 0 Å². The summed E-state index contributed by atoms with van der Waals surface area (Å²) in [5.74, 6) is -3.61. The molecule has 1 heterocycles. The van der Waals surface area contributed by atoms with Crippen molar-refractivity contribution in [3.63, 3.8) is 0 Å². The molecule has 0 bridgehead atoms. The molecule has 0 radical (unpaired) electrons. The van der Waals surface area contributed by atoms with Crippen molar-refractivity contribution in [2.45, 2.75) is 31.3 Å². The van der Waals surface area contributed by atoms with Crippen LogP contribution >= 0.6 is 12.4 Å². The van der Waals surface area contributed by atoms with Gasteiger partial charge in [0.05, 0.1) is 25.6 Å². The van der Waals surface area contributed by atoms with Gasteiger partial charge in [-0.1, -0.05) is 12.1 Å². The number of nitrogens with zero attached hydrogens (tertiary/aromatic N) is 4. The van der Waals surface area contributed by atoms with Crippen molar-refractivity contribution in [1.82, 2.24) is 20.4 Å². The topological polar surface area (TPSA) is 289 Å². The number of carbonyl (C=O) groups excluding carboxylic acids is 5. The number of carboxylic acid groups (broad SMARTS) is 1. The molecule has 1 fully saturated rings. The molecular weight excluding hydrogens is 764 g/mol. The van der Waals surface area contributed by atoms with Crippen LogP contribution in [0.1, 0.15) is 39.1 Å². The first-order valence-electron chi connectivity index (χ1n) is 17.3. The normalized spacial score (nSPS) is 13.9. The minimum atomic E-state index is -1.22. The predicted octanol–water partition coefficient (Wildman–Crippen LogP) is 1.16. The second-order valence-corrected chi connectivity index (χ2v) is 12.5. The number of guanidine groups is 2. The maximum Gasteiger partial charge on any atom is 0.421 e. The summed E-state index contributed by atoms with van der Waals surface area (Å²) < 4.78 is 9.93. The van der Waals surface area contributed by atoms with E-state index in [0.717, 1.165) is 16.9 Å². The van der Waals surface area contributed by atoms with Gasteiger partial charge in [-0.3, -0.25) is 29.4 Å². The zero-order valence-corrected chi connectivity index (χ0v) is 32.0. The number of hydrogen-bond acceptors (Lipinski definition) is 10. The van der Waals surface area contributed by atoms with E-state index in [1.54, 1.807) is 48.5 Å². The lowest BCUT2D eigenvalue weighted by Crippen LogP contribution is -2.63. The highest BCUT2D eigenvalue weighted by Crippen LogP contribution is 2.21. The molecule has 0 spiro atoms. The molecule has 4 rings (SSSR count). The summed E-state index contributed by atoms with van der Waals surface area (Å²) >= 11 is 0. The number of benzene rings is 3. The number of anilines is 1. The summed E-state index contributed by atoms with van der Waals surface area (Å²) in [5, 5.41) is 22.7. The van der Waals surface area contributed by atoms with Gasteiger partial charge in [0.25, 0.3) is 11.8 Å². The Labute approximate surface area is 334 Å². The average molecular weight is 809 g/mol. The Morgan fingerprint density at radius 2 is 1.54 bits per heavy atom. The lowest BCUT2D eigenvalue weighted by Gasteiger charge is -2.41. The van der Waals surface area contributed by atoms with Crippen molar-refractivity contribution in [2.75, 3.05) is 45.3 Å². The number of hydrogen-bond donors (Lipinski definition) is 7. The number of nitrogens with one attached hydrogen (secondary N) is 3. The summed E-state index contributed by atoms with van der Waals surface area (Å²) in [7, 11) is 2.63. The molecule has 304 valence electrons. The molecule has 5 amide bonds. The quantitative estimate of drug-likeness (QED) is 0.0647. The molecule has 2 atom stereocenters. The first kappa shape index (κ1) is 44.5. The minimum absolute atomic E-state index is 0. The lowest BCUT2D eigenvalue weighted by molar-refractivity contribution is -0.156. The highest BCUT2D eigenvalue weighted by molar-refractivity contribution is 6.12. The highest BCUT2D eigenvalue weighted by atomic mass is 35.5. The van der Waals surface area contributed by atoms with Gasteiger partial charge < -0.3 is 52.2 Å². The average Bonchev–Trinajstić information content (AvgIpc) is 3.17. The number of piperazine rings is 1. The number of amides is 5. The largest absolute Gasteiger partial charge is 0.497 e. The van der Waals surface area contributed by atoms with Crippen molar-refractivity contribution in [2.24, 2.45) is 22.2 Å². The number of halogens is 1. The van der Waals surface area contributed by atoms with E-state index in [-0.39, 0.29) is 68.5 Å². The van der Waals surface area contributed by atoms with E-state index in [0.29, 0.717) is 22.6 Å². The van der Waals surface area contributed by atoms with E-state index >= 15 is 0 Å². The molecule has 1 unspecified atom stereocenters. The van der Waals surface area contributed by atoms with Crippen molar-refractivity contribution in [3.8, 4) is 5.75 Å². The van der Waals surface area contributed by atoms with Crippen molar-refractivity contribution in [1.29, 1.82) is 5.41 Å². The van der Waals surface area contributed by atoms with Crippen LogP contribution in [0.4, 0.5) is 16.2 Å². The molecule has 3 aromatic rings. The number of carboxylic acids is 1. The number of carbonyl (C=O) groups is 6. The van der Waals surface area contributed by atoms with Crippen molar-refractivity contribution < 1.29 is 43.3 Å². The Kier molecular flexibility index (Phi) is 16.2. The molecule has 20 heteroatoms. The summed E-state index contributed by atoms with van der Waals surface area (Å²) in [5.41, 5.74) is 18.1. The van der Waals surface area contributed by atoms with Gasteiger partial charge >= 0.3 is 12.1 Å². The van der Waals surface area contributed by atoms with Gasteiger partial charge in [-0.2, -0.15) is 0 Å². The molecular formula is C37H45ClN10O9. The fourth-order valence-corrected chi connectivity index (χ4v) is 5.97. The van der Waals surface area contributed by atoms with Crippen LogP contribution < -0.4 is 37.5 Å². The second kappa shape index (κ2) is 20.7. The van der Waals surface area contributed by atoms with Crippen LogP contribution in [-0.4, -0.2) is 115 Å². The molecule has 1 saturated heterocycles. The van der Waals surface area contributed by atoms with E-state index in [2.05, 4.69) is 20.4 Å². The van der Waals surface area contributed by atoms with Gasteiger partial charge in [-0.15, -0.1) is 12.4 Å². The molecule has 57 heavy (non-hydrogen) atoms. The van der Waals surface area contributed by atoms with Gasteiger partial charge in [0, 0.05) is 37.2 Å². The van der Waals surface area contributed by atoms with E-state index in [4.69, 9.17) is 27.3 Å². The van der Waals surface area contributed by atoms with Gasteiger partial charge in [-0.25, -0.2) is 14.7 Å². The highest BCUT2D eigenvalue weighted by Gasteiger charge is 2.40. The molecule has 0 aromatic heterocycles. The fraction of sp³-hybridized carbons (Fsp3) is 0.297. The molecule has 19 nitrogen and oxygen atoms in total. The van der Waals surface area contributed by atoms with Crippen LogP contribution in [0, 0.1) is 5.41 Å². The standard InChI is InChI=1S/C37H44N10O9.ClH/c1-55-27-15-5-22(6-16-27)20-28(44-32(51)24-9-13-26(14-10-24)47(36(40)41)37(54)56-2)33(52)46-19-18-45(21-30(48)49)34(53)29(46)4-3-17-42-31(50)23-7-11-25(12-8-23)43-35(38)39;/h5-16,28-29H,3-4,17-21H2,1-2H3,(H3,40,41)(H,42,50)(H,44,51)(H,48,49)(H4,38,39,43);1H/t28?,29-;/m0./s1. The van der Waals surface area contributed by atoms with Crippen molar-refractivity contribution >= 4 is 71.4 Å². The van der Waals surface area contributed by atoms with Crippen LogP contribution in [0.2, 0.25) is 0 Å². The summed E-state index contributed by atoms with van der Waals surface area (Å²) in [6.45, 7) is -0.520. The summed E-state index contributed by atoms with van der Waals surface area (Å²) in [6, 6.07) is 16.3. The fourth-order valence-electron chi connectivity index (χ4n) is 5.97. The predicted molar refractivity (Wildman–Crippen MR) is 212 cm³/mol. The zero-order valence-electron chi connectivity index (χ0n) is 31.2. The van der Waals surface area contributed by atoms with Crippen LogP contribution in [0.5, 0.6) is 5.75 Å². The maximum absolute atomic E-state index is 14.4. The minimum Gasteiger partial charge on any atom is -0.497 e. The molecule has 3 aromatic carbocycles. The van der Waals surface area contributed by atoms with Gasteiger partial charge in [0.1, 0.15) is 24.4 Å². The Morgan fingerprint density at radius 1 is 0.930 bits per heavy atom. The monoisotopic (exact) mass is 808 g/mol. The molecule has 0 saturated carbocycles. The first-order chi connectivity index (χ1) is 26.7. The van der Waals surface area contributed by atoms with E-state index < -0.39 is 60.3 Å². The van der Waals surface area contributed by atoms with Crippen LogP contribution in [0.15, 0.2) is 77.8 Å². The second-order valence-electron chi connectivity index (χ2n) is 12.5. The van der Waals surface area contributed by atoms with Crippen molar-refractivity contribution in [3.05, 3.63) is 89.5 Å². The zero-order chi connectivity index (χ0) is 40.9. The Bertz CT molecular complexity index is 1960. The number of aliphatic imine (C=N–C) groups is 1. The maximum atomic E-state index is 14.4. The van der Waals surface area contributed by atoms with Crippen LogP contribution in [-0.2, 0) is 25.5 Å². The van der Waals surface area contributed by atoms with E-state index in [1.165, 1.54) is 36.3 Å². The summed E-state index contributed by atoms with van der Waals surface area (Å²) in [6.07, 6.45) is -0.586. The molecule has 10 N–H and O–H groups in total. The number of methoxy groups -OCH3 is 2. The first-order valence-corrected chi connectivity index (χ1v) is 17.3. The third-order valence-electron chi connectivity index (χ3n) is 8.71. The van der Waals surface area contributed by atoms with E-state index in [9.17, 15) is 33.9 Å². The van der Waals surface area contributed by atoms with Gasteiger partial charge in [0.15, 0.2) is 5.96 Å². The smallest absolute Gasteiger partial charge is 0.421 e. The van der Waals surface area contributed by atoms with E-state index in [1.807, 2.05) is 0 Å². The third-order valence-corrected chi connectivity index (χ3v) is 8.71. The Morgan fingerprint density at radius 3 is 2.11 bits per heavy atom. The molecule has 1 aliphatic heterocycles. The summed E-state index contributed by atoms with van der Waals surface area (Å²) in [4.78, 5) is 85.6. The SMILES string of the molecule is COC(=O)N(C(=N)N)c1ccc(C(=O)NC(Cc2ccc(OC)cc2)C(=O)N2CCN(CC(=O)O)C(=O)[C@@H]2CCCNC(=O)c2ccc(N=C(N)N)cc2)cc1.Cl. The number of rotatable bonds is 15. The van der Waals surface area contributed by atoms with Crippen LogP contribution in [0.3, 0.4) is 0 Å². The van der Waals surface area contributed by atoms with Gasteiger partial charge in [-0.05, 0) is 79.1 Å². The molecule has 1 aliphatic rings. The van der Waals surface area contributed by atoms with Gasteiger partial charge in [0.2, 0.25) is 17.8 Å². The Hall–Kier alpha value is -6.89.